The Bertz CT molecular complexity index is 588. The molecule has 8 nitrogen and oxygen atoms in total. The molecule has 2 amide bonds. The third kappa shape index (κ3) is 7.25. The zero-order valence-corrected chi connectivity index (χ0v) is 20.9. The van der Waals surface area contributed by atoms with Crippen LogP contribution in [0.25, 0.3) is 0 Å². The van der Waals surface area contributed by atoms with Gasteiger partial charge in [-0.3, -0.25) is 19.5 Å². The Balaban J connectivity index is 0.00000320. The van der Waals surface area contributed by atoms with E-state index in [4.69, 9.17) is 0 Å². The molecule has 2 saturated heterocycles. The molecule has 2 N–H and O–H groups in total. The first-order valence-electron chi connectivity index (χ1n) is 11.3. The third-order valence-electron chi connectivity index (χ3n) is 6.56. The summed E-state index contributed by atoms with van der Waals surface area (Å²) >= 11 is 0. The number of rotatable bonds is 5. The van der Waals surface area contributed by atoms with Crippen molar-refractivity contribution in [1.82, 2.24) is 25.3 Å². The maximum Gasteiger partial charge on any atom is 0.225 e. The average Bonchev–Trinajstić information content (AvgIpc) is 3.22. The van der Waals surface area contributed by atoms with Gasteiger partial charge < -0.3 is 20.4 Å². The fourth-order valence-corrected chi connectivity index (χ4v) is 4.69. The molecular formula is C21H39IN6O2. The molecular weight excluding hydrogens is 495 g/mol. The van der Waals surface area contributed by atoms with Crippen molar-refractivity contribution < 1.29 is 9.59 Å². The van der Waals surface area contributed by atoms with Crippen molar-refractivity contribution in [3.8, 4) is 0 Å². The van der Waals surface area contributed by atoms with Crippen LogP contribution in [-0.4, -0.2) is 97.9 Å². The lowest BCUT2D eigenvalue weighted by molar-refractivity contribution is -0.135. The van der Waals surface area contributed by atoms with Crippen molar-refractivity contribution in [2.75, 3.05) is 59.4 Å². The van der Waals surface area contributed by atoms with E-state index < -0.39 is 0 Å². The molecule has 30 heavy (non-hydrogen) atoms. The predicted octanol–water partition coefficient (Wildman–Crippen LogP) is 1.11. The molecule has 1 aliphatic carbocycles. The Morgan fingerprint density at radius 2 is 1.67 bits per heavy atom. The minimum absolute atomic E-state index is 0. The van der Waals surface area contributed by atoms with Gasteiger partial charge in [0.2, 0.25) is 11.8 Å². The number of carbonyl (C=O) groups is 2. The van der Waals surface area contributed by atoms with E-state index in [-0.39, 0.29) is 41.8 Å². The minimum atomic E-state index is 0. The molecule has 2 heterocycles. The van der Waals surface area contributed by atoms with Gasteiger partial charge in [0.15, 0.2) is 5.96 Å². The topological polar surface area (TPSA) is 80.3 Å². The van der Waals surface area contributed by atoms with Crippen LogP contribution in [0.1, 0.15) is 45.4 Å². The number of aliphatic imine (C=N–C) groups is 1. The minimum Gasteiger partial charge on any atom is -0.355 e. The monoisotopic (exact) mass is 534 g/mol. The van der Waals surface area contributed by atoms with Gasteiger partial charge in [0.25, 0.3) is 0 Å². The van der Waals surface area contributed by atoms with Crippen LogP contribution in [0.5, 0.6) is 0 Å². The van der Waals surface area contributed by atoms with Crippen LogP contribution in [0, 0.1) is 5.92 Å². The van der Waals surface area contributed by atoms with E-state index in [1.165, 1.54) is 19.3 Å². The molecule has 3 aliphatic rings. The first-order chi connectivity index (χ1) is 14.1. The average molecular weight is 534 g/mol. The molecule has 0 radical (unpaired) electrons. The van der Waals surface area contributed by atoms with Crippen LogP contribution in [0.4, 0.5) is 0 Å². The van der Waals surface area contributed by atoms with E-state index in [0.717, 1.165) is 77.6 Å². The van der Waals surface area contributed by atoms with Crippen LogP contribution in [-0.2, 0) is 9.59 Å². The summed E-state index contributed by atoms with van der Waals surface area (Å²) in [6.07, 6.45) is 6.79. The first-order valence-corrected chi connectivity index (χ1v) is 11.3. The van der Waals surface area contributed by atoms with E-state index in [9.17, 15) is 9.59 Å². The molecule has 3 fully saturated rings. The predicted molar refractivity (Wildman–Crippen MR) is 130 cm³/mol. The molecule has 2 aliphatic heterocycles. The highest BCUT2D eigenvalue weighted by molar-refractivity contribution is 14.0. The lowest BCUT2D eigenvalue weighted by Gasteiger charge is -2.34. The highest BCUT2D eigenvalue weighted by atomic mass is 127. The summed E-state index contributed by atoms with van der Waals surface area (Å²) in [6.45, 7) is 8.50. The van der Waals surface area contributed by atoms with Crippen molar-refractivity contribution in [3.05, 3.63) is 0 Å². The second kappa shape index (κ2) is 12.7. The van der Waals surface area contributed by atoms with E-state index in [1.54, 1.807) is 14.0 Å². The number of nitrogens with one attached hydrogen (secondary N) is 2. The fraction of sp³-hybridized carbons (Fsp3) is 0.857. The Labute approximate surface area is 198 Å². The van der Waals surface area contributed by atoms with Gasteiger partial charge in [-0.2, -0.15) is 0 Å². The standard InChI is InChI=1S/C21H38N6O2.HI/c1-17(28)26-14-12-25(13-15-26)11-9-23-21(22-2)24-19-8-10-27(16-19)20(29)18-6-4-3-5-7-18;/h18-19H,3-16H2,1-2H3,(H2,22,23,24);1H. The zero-order chi connectivity index (χ0) is 20.6. The molecule has 0 bridgehead atoms. The Morgan fingerprint density at radius 1 is 0.967 bits per heavy atom. The third-order valence-corrected chi connectivity index (χ3v) is 6.56. The van der Waals surface area contributed by atoms with Gasteiger partial charge in [-0.05, 0) is 19.3 Å². The normalized spacial score (nSPS) is 23.8. The molecule has 0 aromatic rings. The molecule has 0 aromatic carbocycles. The second-order valence-corrected chi connectivity index (χ2v) is 8.60. The van der Waals surface area contributed by atoms with Crippen molar-refractivity contribution >= 4 is 41.8 Å². The number of piperazine rings is 1. The number of hydrogen-bond donors (Lipinski definition) is 2. The molecule has 1 saturated carbocycles. The second-order valence-electron chi connectivity index (χ2n) is 8.60. The number of likely N-dealkylation sites (tertiary alicyclic amines) is 1. The zero-order valence-electron chi connectivity index (χ0n) is 18.6. The summed E-state index contributed by atoms with van der Waals surface area (Å²) in [5.41, 5.74) is 0. The van der Waals surface area contributed by atoms with Gasteiger partial charge in [0.1, 0.15) is 0 Å². The summed E-state index contributed by atoms with van der Waals surface area (Å²) in [4.78, 5) is 34.8. The molecule has 0 aromatic heterocycles. The van der Waals surface area contributed by atoms with E-state index >= 15 is 0 Å². The SMILES string of the molecule is CN=C(NCCN1CCN(C(C)=O)CC1)NC1CCN(C(=O)C2CCCCC2)C1.I. The van der Waals surface area contributed by atoms with E-state index in [0.29, 0.717) is 5.91 Å². The van der Waals surface area contributed by atoms with Crippen molar-refractivity contribution in [3.63, 3.8) is 0 Å². The Hall–Kier alpha value is -1.10. The summed E-state index contributed by atoms with van der Waals surface area (Å²) in [6, 6.07) is 0.271. The summed E-state index contributed by atoms with van der Waals surface area (Å²) in [5.74, 6) is 1.59. The van der Waals surface area contributed by atoms with E-state index in [2.05, 4.69) is 25.4 Å². The Kier molecular flexibility index (Phi) is 10.6. The van der Waals surface area contributed by atoms with Crippen LogP contribution in [0.3, 0.4) is 0 Å². The highest BCUT2D eigenvalue weighted by Gasteiger charge is 2.31. The molecule has 3 rings (SSSR count). The molecule has 9 heteroatoms. The van der Waals surface area contributed by atoms with Crippen LogP contribution < -0.4 is 10.6 Å². The van der Waals surface area contributed by atoms with Gasteiger partial charge in [0, 0.05) is 78.3 Å². The van der Waals surface area contributed by atoms with Gasteiger partial charge in [-0.1, -0.05) is 19.3 Å². The number of amides is 2. The van der Waals surface area contributed by atoms with Crippen LogP contribution in [0.2, 0.25) is 0 Å². The number of nitrogens with zero attached hydrogens (tertiary/aromatic N) is 4. The quantitative estimate of drug-likeness (QED) is 0.314. The van der Waals surface area contributed by atoms with Crippen LogP contribution in [0.15, 0.2) is 4.99 Å². The van der Waals surface area contributed by atoms with Crippen LogP contribution >= 0.6 is 24.0 Å². The molecule has 0 spiro atoms. The summed E-state index contributed by atoms with van der Waals surface area (Å²) in [5, 5.41) is 6.88. The summed E-state index contributed by atoms with van der Waals surface area (Å²) < 4.78 is 0. The summed E-state index contributed by atoms with van der Waals surface area (Å²) in [7, 11) is 1.79. The van der Waals surface area contributed by atoms with Crippen molar-refractivity contribution in [2.45, 2.75) is 51.5 Å². The lowest BCUT2D eigenvalue weighted by atomic mass is 9.88. The van der Waals surface area contributed by atoms with Gasteiger partial charge in [-0.15, -0.1) is 24.0 Å². The van der Waals surface area contributed by atoms with E-state index in [1.807, 2.05) is 4.90 Å². The van der Waals surface area contributed by atoms with Gasteiger partial charge >= 0.3 is 0 Å². The number of carbonyl (C=O) groups excluding carboxylic acids is 2. The molecule has 1 unspecified atom stereocenters. The number of halogens is 1. The largest absolute Gasteiger partial charge is 0.355 e. The molecule has 172 valence electrons. The number of guanidine groups is 1. The number of hydrogen-bond acceptors (Lipinski definition) is 4. The van der Waals surface area contributed by atoms with Gasteiger partial charge in [0.05, 0.1) is 0 Å². The van der Waals surface area contributed by atoms with Gasteiger partial charge in [-0.25, -0.2) is 0 Å². The molecule has 1 atom stereocenters. The Morgan fingerprint density at radius 3 is 2.30 bits per heavy atom. The smallest absolute Gasteiger partial charge is 0.225 e. The highest BCUT2D eigenvalue weighted by Crippen LogP contribution is 2.26. The first kappa shape index (κ1) is 25.2. The fourth-order valence-electron chi connectivity index (χ4n) is 4.69. The van der Waals surface area contributed by atoms with Crippen molar-refractivity contribution in [1.29, 1.82) is 0 Å². The maximum atomic E-state index is 12.7. The van der Waals surface area contributed by atoms with Crippen molar-refractivity contribution in [2.24, 2.45) is 10.9 Å². The lowest BCUT2D eigenvalue weighted by Crippen LogP contribution is -2.51. The maximum absolute atomic E-state index is 12.7.